The summed E-state index contributed by atoms with van der Waals surface area (Å²) < 4.78 is 5.92. The Balaban J connectivity index is 1.70. The Bertz CT molecular complexity index is 1040. The van der Waals surface area contributed by atoms with Gasteiger partial charge < -0.3 is 19.9 Å². The third-order valence-electron chi connectivity index (χ3n) is 4.95. The van der Waals surface area contributed by atoms with Crippen LogP contribution in [0.1, 0.15) is 35.7 Å². The lowest BCUT2D eigenvalue weighted by Gasteiger charge is -2.31. The molecule has 1 aromatic carbocycles. The monoisotopic (exact) mass is 434 g/mol. The Morgan fingerprint density at radius 2 is 1.93 bits per heavy atom. The fourth-order valence-electron chi connectivity index (χ4n) is 3.30. The maximum Gasteiger partial charge on any atom is 0.409 e. The van der Waals surface area contributed by atoms with Gasteiger partial charge in [-0.3, -0.25) is 14.2 Å². The van der Waals surface area contributed by atoms with E-state index in [2.05, 4.69) is 10.3 Å². The molecule has 30 heavy (non-hydrogen) atoms. The minimum Gasteiger partial charge on any atom is -0.450 e. The number of hydrogen-bond donors (Lipinski definition) is 2. The molecule has 160 valence electrons. The van der Waals surface area contributed by atoms with E-state index in [-0.39, 0.29) is 24.2 Å². The van der Waals surface area contributed by atoms with E-state index in [4.69, 9.17) is 16.3 Å². The number of piperidine rings is 1. The lowest BCUT2D eigenvalue weighted by molar-refractivity contribution is 0.0858. The summed E-state index contributed by atoms with van der Waals surface area (Å²) >= 11 is 6.12. The maximum atomic E-state index is 12.8. The molecule has 2 heterocycles. The third-order valence-corrected chi connectivity index (χ3v) is 5.32. The number of carbonyl (C=O) groups excluding carboxylic acids is 2. The normalized spacial score (nSPS) is 14.4. The lowest BCUT2D eigenvalue weighted by Crippen LogP contribution is -2.48. The van der Waals surface area contributed by atoms with Crippen LogP contribution < -0.4 is 16.6 Å². The van der Waals surface area contributed by atoms with Gasteiger partial charge in [0, 0.05) is 30.4 Å². The van der Waals surface area contributed by atoms with Crippen LogP contribution in [0.25, 0.3) is 0 Å². The van der Waals surface area contributed by atoms with Crippen LogP contribution in [-0.4, -0.2) is 52.2 Å². The van der Waals surface area contributed by atoms with Crippen molar-refractivity contribution in [3.8, 4) is 0 Å². The molecule has 2 amide bonds. The molecule has 0 saturated carbocycles. The average molecular weight is 435 g/mol. The van der Waals surface area contributed by atoms with Crippen molar-refractivity contribution in [2.45, 2.75) is 32.4 Å². The Labute approximate surface area is 177 Å². The second-order valence-electron chi connectivity index (χ2n) is 6.92. The molecular weight excluding hydrogens is 412 g/mol. The van der Waals surface area contributed by atoms with Crippen molar-refractivity contribution < 1.29 is 14.3 Å². The van der Waals surface area contributed by atoms with Gasteiger partial charge in [-0.05, 0) is 31.4 Å². The van der Waals surface area contributed by atoms with Gasteiger partial charge in [-0.2, -0.15) is 0 Å². The number of amides is 2. The number of benzene rings is 1. The van der Waals surface area contributed by atoms with Gasteiger partial charge in [-0.1, -0.05) is 29.8 Å². The molecule has 9 nitrogen and oxygen atoms in total. The number of hydrogen-bond acceptors (Lipinski definition) is 5. The number of aromatic nitrogens is 2. The predicted molar refractivity (Wildman–Crippen MR) is 111 cm³/mol. The van der Waals surface area contributed by atoms with Crippen molar-refractivity contribution >= 4 is 23.6 Å². The summed E-state index contributed by atoms with van der Waals surface area (Å²) in [6, 6.07) is 6.68. The number of halogens is 1. The number of rotatable bonds is 5. The van der Waals surface area contributed by atoms with Crippen LogP contribution >= 0.6 is 11.6 Å². The molecule has 0 unspecified atom stereocenters. The molecule has 0 radical (unpaired) electrons. The molecular formula is C20H23ClN4O5. The Morgan fingerprint density at radius 1 is 1.23 bits per heavy atom. The summed E-state index contributed by atoms with van der Waals surface area (Å²) in [5, 5.41) is 3.23. The zero-order valence-corrected chi connectivity index (χ0v) is 17.3. The molecule has 1 saturated heterocycles. The zero-order chi connectivity index (χ0) is 21.7. The first-order valence-corrected chi connectivity index (χ1v) is 10.1. The molecule has 2 aromatic rings. The van der Waals surface area contributed by atoms with E-state index in [1.165, 1.54) is 0 Å². The Kier molecular flexibility index (Phi) is 6.94. The molecule has 1 aromatic heterocycles. The second-order valence-corrected chi connectivity index (χ2v) is 7.33. The van der Waals surface area contributed by atoms with Crippen LogP contribution in [0.2, 0.25) is 5.02 Å². The Hall–Kier alpha value is -3.07. The van der Waals surface area contributed by atoms with Crippen LogP contribution in [0, 0.1) is 0 Å². The number of nitrogens with zero attached hydrogens (tertiary/aromatic N) is 2. The minimum absolute atomic E-state index is 0.0487. The highest BCUT2D eigenvalue weighted by Crippen LogP contribution is 2.15. The van der Waals surface area contributed by atoms with Gasteiger partial charge in [0.2, 0.25) is 0 Å². The fourth-order valence-corrected chi connectivity index (χ4v) is 3.49. The minimum atomic E-state index is -0.694. The molecule has 0 spiro atoms. The third kappa shape index (κ3) is 4.91. The highest BCUT2D eigenvalue weighted by Gasteiger charge is 2.26. The number of H-pyrrole nitrogens is 1. The van der Waals surface area contributed by atoms with E-state index >= 15 is 0 Å². The molecule has 1 aliphatic heterocycles. The van der Waals surface area contributed by atoms with E-state index in [0.29, 0.717) is 43.1 Å². The summed E-state index contributed by atoms with van der Waals surface area (Å²) in [6.07, 6.45) is 1.84. The van der Waals surface area contributed by atoms with Gasteiger partial charge in [-0.15, -0.1) is 0 Å². The van der Waals surface area contributed by atoms with Crippen LogP contribution in [0.5, 0.6) is 0 Å². The van der Waals surface area contributed by atoms with Crippen molar-refractivity contribution in [1.82, 2.24) is 19.8 Å². The number of likely N-dealkylation sites (tertiary alicyclic amines) is 1. The van der Waals surface area contributed by atoms with Crippen molar-refractivity contribution in [2.24, 2.45) is 0 Å². The van der Waals surface area contributed by atoms with Crippen molar-refractivity contribution in [3.63, 3.8) is 0 Å². The summed E-state index contributed by atoms with van der Waals surface area (Å²) in [6.45, 7) is 2.90. The number of nitrogens with one attached hydrogen (secondary N) is 2. The first-order chi connectivity index (χ1) is 14.4. The molecule has 1 fully saturated rings. The quantitative estimate of drug-likeness (QED) is 0.741. The SMILES string of the molecule is CCOC(=O)N1CCC(NC(=O)c2c[nH]c(=O)n(Cc3ccccc3Cl)c2=O)CC1. The Morgan fingerprint density at radius 3 is 2.60 bits per heavy atom. The zero-order valence-electron chi connectivity index (χ0n) is 16.5. The van der Waals surface area contributed by atoms with Crippen LogP contribution in [0.3, 0.4) is 0 Å². The molecule has 3 rings (SSSR count). The first kappa shape index (κ1) is 21.6. The second kappa shape index (κ2) is 9.62. The van der Waals surface area contributed by atoms with Gasteiger partial charge in [0.05, 0.1) is 13.2 Å². The largest absolute Gasteiger partial charge is 0.450 e. The van der Waals surface area contributed by atoms with Gasteiger partial charge >= 0.3 is 11.8 Å². The van der Waals surface area contributed by atoms with E-state index in [9.17, 15) is 19.2 Å². The van der Waals surface area contributed by atoms with Crippen molar-refractivity contribution in [3.05, 3.63) is 67.4 Å². The van der Waals surface area contributed by atoms with E-state index < -0.39 is 17.2 Å². The smallest absolute Gasteiger partial charge is 0.409 e. The van der Waals surface area contributed by atoms with Gasteiger partial charge in [0.25, 0.3) is 11.5 Å². The number of ether oxygens (including phenoxy) is 1. The van der Waals surface area contributed by atoms with Crippen LogP contribution in [0.15, 0.2) is 40.1 Å². The van der Waals surface area contributed by atoms with E-state index in [1.54, 1.807) is 36.1 Å². The van der Waals surface area contributed by atoms with Gasteiger partial charge in [-0.25, -0.2) is 9.59 Å². The first-order valence-electron chi connectivity index (χ1n) is 9.69. The van der Waals surface area contributed by atoms with E-state index in [1.807, 2.05) is 0 Å². The summed E-state index contributed by atoms with van der Waals surface area (Å²) in [4.78, 5) is 53.4. The van der Waals surface area contributed by atoms with E-state index in [0.717, 1.165) is 10.8 Å². The van der Waals surface area contributed by atoms with Crippen LogP contribution in [0.4, 0.5) is 4.79 Å². The van der Waals surface area contributed by atoms with Crippen LogP contribution in [-0.2, 0) is 11.3 Å². The van der Waals surface area contributed by atoms with Gasteiger partial charge in [0.15, 0.2) is 0 Å². The molecule has 2 N–H and O–H groups in total. The van der Waals surface area contributed by atoms with Crippen molar-refractivity contribution in [1.29, 1.82) is 0 Å². The van der Waals surface area contributed by atoms with Crippen molar-refractivity contribution in [2.75, 3.05) is 19.7 Å². The molecule has 10 heteroatoms. The summed E-state index contributed by atoms with van der Waals surface area (Å²) in [7, 11) is 0. The molecule has 0 atom stereocenters. The average Bonchev–Trinajstić information content (AvgIpc) is 2.73. The summed E-state index contributed by atoms with van der Waals surface area (Å²) in [5.41, 5.74) is -0.885. The molecule has 1 aliphatic rings. The highest BCUT2D eigenvalue weighted by atomic mass is 35.5. The topological polar surface area (TPSA) is 114 Å². The molecule has 0 bridgehead atoms. The lowest BCUT2D eigenvalue weighted by atomic mass is 10.1. The fraction of sp³-hybridized carbons (Fsp3) is 0.400. The predicted octanol–water partition coefficient (Wildman–Crippen LogP) is 1.59. The standard InChI is InChI=1S/C20H23ClN4O5/c1-2-30-20(29)24-9-7-14(8-10-24)23-17(26)15-11-22-19(28)25(18(15)27)12-13-5-3-4-6-16(13)21/h3-6,11,14H,2,7-10,12H2,1H3,(H,22,28)(H,23,26). The number of aromatic amines is 1. The summed E-state index contributed by atoms with van der Waals surface area (Å²) in [5.74, 6) is -0.571. The molecule has 0 aliphatic carbocycles. The van der Waals surface area contributed by atoms with Gasteiger partial charge in [0.1, 0.15) is 5.56 Å². The number of carbonyl (C=O) groups is 2. The highest BCUT2D eigenvalue weighted by molar-refractivity contribution is 6.31. The maximum absolute atomic E-state index is 12.8.